The van der Waals surface area contributed by atoms with E-state index in [2.05, 4.69) is 21.2 Å². The molecule has 1 rings (SSSR count). The van der Waals surface area contributed by atoms with E-state index < -0.39 is 11.6 Å². The molecule has 0 aliphatic heterocycles. The van der Waals surface area contributed by atoms with Gasteiger partial charge in [-0.1, -0.05) is 0 Å². The fourth-order valence-electron chi connectivity index (χ4n) is 1.25. The normalized spacial score (nSPS) is 9.88. The molecular formula is C11H11BrF2N2. The molecule has 1 aromatic rings. The number of rotatable bonds is 5. The molecule has 0 saturated carbocycles. The number of nitrogens with zero attached hydrogens (tertiary/aromatic N) is 1. The Morgan fingerprint density at radius 1 is 1.31 bits per heavy atom. The SMILES string of the molecule is N#CCCCCNc1c(F)cc(F)cc1Br. The van der Waals surface area contributed by atoms with E-state index in [0.29, 0.717) is 17.4 Å². The average Bonchev–Trinajstić information content (AvgIpc) is 2.20. The van der Waals surface area contributed by atoms with Gasteiger partial charge in [0.25, 0.3) is 0 Å². The van der Waals surface area contributed by atoms with E-state index in [1.807, 2.05) is 6.07 Å². The van der Waals surface area contributed by atoms with Crippen LogP contribution in [0.4, 0.5) is 14.5 Å². The molecule has 0 saturated heterocycles. The number of halogens is 3. The van der Waals surface area contributed by atoms with Gasteiger partial charge < -0.3 is 5.32 Å². The van der Waals surface area contributed by atoms with Crippen LogP contribution < -0.4 is 5.32 Å². The van der Waals surface area contributed by atoms with E-state index >= 15 is 0 Å². The van der Waals surface area contributed by atoms with Gasteiger partial charge in [0.05, 0.1) is 11.8 Å². The van der Waals surface area contributed by atoms with Crippen molar-refractivity contribution in [1.82, 2.24) is 0 Å². The quantitative estimate of drug-likeness (QED) is 0.836. The lowest BCUT2D eigenvalue weighted by atomic mass is 10.2. The van der Waals surface area contributed by atoms with Crippen LogP contribution in [0.15, 0.2) is 16.6 Å². The summed E-state index contributed by atoms with van der Waals surface area (Å²) in [4.78, 5) is 0. The molecule has 0 spiro atoms. The zero-order valence-corrected chi connectivity index (χ0v) is 10.2. The molecule has 0 aliphatic rings. The van der Waals surface area contributed by atoms with Crippen LogP contribution >= 0.6 is 15.9 Å². The minimum Gasteiger partial charge on any atom is -0.382 e. The molecule has 0 aromatic heterocycles. The average molecular weight is 289 g/mol. The molecule has 0 unspecified atom stereocenters. The number of hydrogen-bond donors (Lipinski definition) is 1. The molecule has 16 heavy (non-hydrogen) atoms. The van der Waals surface area contributed by atoms with Crippen LogP contribution in [0.2, 0.25) is 0 Å². The minimum absolute atomic E-state index is 0.262. The smallest absolute Gasteiger partial charge is 0.150 e. The largest absolute Gasteiger partial charge is 0.382 e. The minimum atomic E-state index is -0.618. The topological polar surface area (TPSA) is 35.8 Å². The van der Waals surface area contributed by atoms with Crippen LogP contribution in [0, 0.1) is 23.0 Å². The molecule has 0 heterocycles. The molecule has 0 aliphatic carbocycles. The van der Waals surface area contributed by atoms with Gasteiger partial charge >= 0.3 is 0 Å². The summed E-state index contributed by atoms with van der Waals surface area (Å²) in [5.74, 6) is -1.23. The Bertz CT molecular complexity index is 378. The van der Waals surface area contributed by atoms with Crippen molar-refractivity contribution < 1.29 is 8.78 Å². The van der Waals surface area contributed by atoms with Gasteiger partial charge in [-0.2, -0.15) is 5.26 Å². The summed E-state index contributed by atoms with van der Waals surface area (Å²) in [6, 6.07) is 4.08. The molecule has 86 valence electrons. The highest BCUT2D eigenvalue weighted by molar-refractivity contribution is 9.10. The van der Waals surface area contributed by atoms with Gasteiger partial charge in [0.2, 0.25) is 0 Å². The Hall–Kier alpha value is -1.15. The first-order valence-electron chi connectivity index (χ1n) is 4.90. The fraction of sp³-hybridized carbons (Fsp3) is 0.364. The van der Waals surface area contributed by atoms with Crippen molar-refractivity contribution in [1.29, 1.82) is 5.26 Å². The molecule has 5 heteroatoms. The highest BCUT2D eigenvalue weighted by Gasteiger charge is 2.08. The molecule has 0 atom stereocenters. The van der Waals surface area contributed by atoms with Crippen molar-refractivity contribution in [2.45, 2.75) is 19.3 Å². The van der Waals surface area contributed by atoms with Crippen LogP contribution in [0.25, 0.3) is 0 Å². The van der Waals surface area contributed by atoms with Crippen molar-refractivity contribution in [2.24, 2.45) is 0 Å². The van der Waals surface area contributed by atoms with E-state index in [-0.39, 0.29) is 5.69 Å². The Labute approximate surface area is 101 Å². The van der Waals surface area contributed by atoms with Crippen LogP contribution in [0.3, 0.4) is 0 Å². The van der Waals surface area contributed by atoms with Gasteiger partial charge in [-0.25, -0.2) is 8.78 Å². The Morgan fingerprint density at radius 3 is 2.69 bits per heavy atom. The lowest BCUT2D eigenvalue weighted by Crippen LogP contribution is -2.04. The summed E-state index contributed by atoms with van der Waals surface area (Å²) < 4.78 is 26.4. The summed E-state index contributed by atoms with van der Waals surface area (Å²) in [5, 5.41) is 11.2. The monoisotopic (exact) mass is 288 g/mol. The highest BCUT2D eigenvalue weighted by atomic mass is 79.9. The first kappa shape index (κ1) is 12.9. The van der Waals surface area contributed by atoms with Gasteiger partial charge in [0, 0.05) is 23.5 Å². The highest BCUT2D eigenvalue weighted by Crippen LogP contribution is 2.26. The van der Waals surface area contributed by atoms with Crippen LogP contribution in [-0.4, -0.2) is 6.54 Å². The fourth-order valence-corrected chi connectivity index (χ4v) is 1.80. The van der Waals surface area contributed by atoms with Crippen molar-refractivity contribution >= 4 is 21.6 Å². The first-order chi connectivity index (χ1) is 7.65. The van der Waals surface area contributed by atoms with Crippen molar-refractivity contribution in [3.05, 3.63) is 28.2 Å². The number of nitriles is 1. The van der Waals surface area contributed by atoms with Gasteiger partial charge in [0.1, 0.15) is 11.6 Å². The number of nitrogens with one attached hydrogen (secondary N) is 1. The second-order valence-corrected chi connectivity index (χ2v) is 4.14. The molecule has 1 aromatic carbocycles. The molecule has 0 bridgehead atoms. The third-order valence-corrected chi connectivity index (χ3v) is 2.65. The lowest BCUT2D eigenvalue weighted by molar-refractivity contribution is 0.583. The molecule has 1 N–H and O–H groups in total. The zero-order valence-electron chi connectivity index (χ0n) is 8.56. The summed E-state index contributed by atoms with van der Waals surface area (Å²) >= 11 is 3.09. The first-order valence-corrected chi connectivity index (χ1v) is 5.70. The predicted octanol–water partition coefficient (Wildman–Crippen LogP) is 3.83. The molecule has 0 radical (unpaired) electrons. The maximum Gasteiger partial charge on any atom is 0.150 e. The third-order valence-electron chi connectivity index (χ3n) is 2.02. The summed E-state index contributed by atoms with van der Waals surface area (Å²) in [6.07, 6.45) is 2.04. The summed E-state index contributed by atoms with van der Waals surface area (Å²) in [7, 11) is 0. The molecule has 0 fully saturated rings. The van der Waals surface area contributed by atoms with E-state index in [9.17, 15) is 8.78 Å². The standard InChI is InChI=1S/C11H11BrF2N2/c12-9-6-8(13)7-10(14)11(9)16-5-3-1-2-4-15/h6-7,16H,1-3,5H2. The Balaban J connectivity index is 2.51. The molecule has 0 amide bonds. The lowest BCUT2D eigenvalue weighted by Gasteiger charge is -2.09. The van der Waals surface area contributed by atoms with Gasteiger partial charge in [-0.3, -0.25) is 0 Å². The zero-order chi connectivity index (χ0) is 12.0. The number of unbranched alkanes of at least 4 members (excludes halogenated alkanes) is 2. The molecule has 2 nitrogen and oxygen atoms in total. The Kier molecular flexibility index (Phi) is 5.20. The second-order valence-electron chi connectivity index (χ2n) is 3.29. The van der Waals surface area contributed by atoms with E-state index in [4.69, 9.17) is 5.26 Å². The van der Waals surface area contributed by atoms with Crippen molar-refractivity contribution in [3.8, 4) is 6.07 Å². The third kappa shape index (κ3) is 3.78. The summed E-state index contributed by atoms with van der Waals surface area (Å²) in [6.45, 7) is 0.558. The van der Waals surface area contributed by atoms with Crippen LogP contribution in [0.1, 0.15) is 19.3 Å². The van der Waals surface area contributed by atoms with Crippen molar-refractivity contribution in [2.75, 3.05) is 11.9 Å². The maximum atomic E-state index is 13.3. The summed E-state index contributed by atoms with van der Waals surface area (Å²) in [5.41, 5.74) is 0.262. The van der Waals surface area contributed by atoms with Crippen molar-refractivity contribution in [3.63, 3.8) is 0 Å². The van der Waals surface area contributed by atoms with E-state index in [0.717, 1.165) is 18.9 Å². The van der Waals surface area contributed by atoms with Gasteiger partial charge in [-0.15, -0.1) is 0 Å². The molecular weight excluding hydrogens is 278 g/mol. The van der Waals surface area contributed by atoms with Gasteiger partial charge in [-0.05, 0) is 34.8 Å². The van der Waals surface area contributed by atoms with E-state index in [1.54, 1.807) is 0 Å². The predicted molar refractivity (Wildman–Crippen MR) is 62.0 cm³/mol. The second kappa shape index (κ2) is 6.44. The van der Waals surface area contributed by atoms with Crippen LogP contribution in [0.5, 0.6) is 0 Å². The number of benzene rings is 1. The maximum absolute atomic E-state index is 13.3. The number of hydrogen-bond acceptors (Lipinski definition) is 2. The van der Waals surface area contributed by atoms with E-state index in [1.165, 1.54) is 6.07 Å². The van der Waals surface area contributed by atoms with Gasteiger partial charge in [0.15, 0.2) is 0 Å². The number of anilines is 1. The van der Waals surface area contributed by atoms with Crippen LogP contribution in [-0.2, 0) is 0 Å². The Morgan fingerprint density at radius 2 is 2.06 bits per heavy atom.